The SMILES string of the molecule is CCC1(CC)CNc2c(OC)cccc2O1. The van der Waals surface area contributed by atoms with Crippen molar-refractivity contribution in [1.82, 2.24) is 0 Å². The third-order valence-corrected chi connectivity index (χ3v) is 3.41. The van der Waals surface area contributed by atoms with Crippen molar-refractivity contribution in [2.24, 2.45) is 0 Å². The zero-order valence-electron chi connectivity index (χ0n) is 10.2. The molecule has 1 heterocycles. The van der Waals surface area contributed by atoms with Crippen molar-refractivity contribution >= 4 is 5.69 Å². The molecule has 0 amide bonds. The first kappa shape index (κ1) is 11.1. The van der Waals surface area contributed by atoms with Crippen LogP contribution in [0.15, 0.2) is 18.2 Å². The molecule has 0 fully saturated rings. The van der Waals surface area contributed by atoms with Gasteiger partial charge in [0.25, 0.3) is 0 Å². The molecule has 0 spiro atoms. The Morgan fingerprint density at radius 1 is 1.38 bits per heavy atom. The molecule has 0 unspecified atom stereocenters. The number of hydrogen-bond donors (Lipinski definition) is 1. The molecule has 88 valence electrons. The Labute approximate surface area is 96.8 Å². The predicted octanol–water partition coefficient (Wildman–Crippen LogP) is 3.06. The van der Waals surface area contributed by atoms with Crippen LogP contribution in [-0.2, 0) is 0 Å². The summed E-state index contributed by atoms with van der Waals surface area (Å²) in [5, 5.41) is 3.42. The Bertz CT molecular complexity index is 372. The van der Waals surface area contributed by atoms with Gasteiger partial charge in [-0.05, 0) is 25.0 Å². The molecule has 3 nitrogen and oxygen atoms in total. The molecule has 1 aromatic rings. The van der Waals surface area contributed by atoms with Crippen LogP contribution in [0, 0.1) is 0 Å². The van der Waals surface area contributed by atoms with Gasteiger partial charge >= 0.3 is 0 Å². The lowest BCUT2D eigenvalue weighted by atomic mass is 9.95. The van der Waals surface area contributed by atoms with E-state index >= 15 is 0 Å². The second-order valence-corrected chi connectivity index (χ2v) is 4.18. The van der Waals surface area contributed by atoms with Crippen molar-refractivity contribution in [2.45, 2.75) is 32.3 Å². The highest BCUT2D eigenvalue weighted by molar-refractivity contribution is 5.67. The quantitative estimate of drug-likeness (QED) is 0.851. The molecule has 0 aliphatic carbocycles. The average Bonchev–Trinajstić information content (AvgIpc) is 2.37. The van der Waals surface area contributed by atoms with E-state index in [1.165, 1.54) is 0 Å². The van der Waals surface area contributed by atoms with Gasteiger partial charge in [0.2, 0.25) is 0 Å². The molecular formula is C13H19NO2. The van der Waals surface area contributed by atoms with Gasteiger partial charge in [0.15, 0.2) is 0 Å². The number of para-hydroxylation sites is 1. The van der Waals surface area contributed by atoms with Crippen LogP contribution in [0.1, 0.15) is 26.7 Å². The lowest BCUT2D eigenvalue weighted by Gasteiger charge is -2.38. The molecule has 16 heavy (non-hydrogen) atoms. The highest BCUT2D eigenvalue weighted by Gasteiger charge is 2.33. The number of ether oxygens (including phenoxy) is 2. The summed E-state index contributed by atoms with van der Waals surface area (Å²) in [5.41, 5.74) is 0.904. The van der Waals surface area contributed by atoms with Gasteiger partial charge in [-0.2, -0.15) is 0 Å². The van der Waals surface area contributed by atoms with E-state index in [0.29, 0.717) is 0 Å². The van der Waals surface area contributed by atoms with Crippen molar-refractivity contribution in [3.63, 3.8) is 0 Å². The molecule has 2 rings (SSSR count). The first-order valence-electron chi connectivity index (χ1n) is 5.84. The topological polar surface area (TPSA) is 30.5 Å². The summed E-state index contributed by atoms with van der Waals surface area (Å²) < 4.78 is 11.4. The molecule has 1 aliphatic heterocycles. The molecule has 0 bridgehead atoms. The van der Waals surface area contributed by atoms with Gasteiger partial charge in [0.05, 0.1) is 13.7 Å². The van der Waals surface area contributed by atoms with E-state index in [1.807, 2.05) is 18.2 Å². The predicted molar refractivity (Wildman–Crippen MR) is 65.4 cm³/mol. The summed E-state index contributed by atoms with van der Waals surface area (Å²) in [6.45, 7) is 5.17. The second-order valence-electron chi connectivity index (χ2n) is 4.18. The Kier molecular flexibility index (Phi) is 2.95. The summed E-state index contributed by atoms with van der Waals surface area (Å²) in [7, 11) is 1.68. The second kappa shape index (κ2) is 4.24. The normalized spacial score (nSPS) is 16.9. The van der Waals surface area contributed by atoms with Crippen LogP contribution in [0.25, 0.3) is 0 Å². The highest BCUT2D eigenvalue weighted by atomic mass is 16.5. The molecule has 0 saturated carbocycles. The van der Waals surface area contributed by atoms with Crippen LogP contribution in [0.4, 0.5) is 5.69 Å². The summed E-state index contributed by atoms with van der Waals surface area (Å²) in [4.78, 5) is 0. The van der Waals surface area contributed by atoms with E-state index in [9.17, 15) is 0 Å². The number of benzene rings is 1. The van der Waals surface area contributed by atoms with Crippen LogP contribution in [0.2, 0.25) is 0 Å². The molecule has 1 N–H and O–H groups in total. The van der Waals surface area contributed by atoms with E-state index in [-0.39, 0.29) is 5.60 Å². The van der Waals surface area contributed by atoms with Crippen LogP contribution in [-0.4, -0.2) is 19.3 Å². The molecule has 0 atom stereocenters. The Hall–Kier alpha value is -1.38. The molecule has 1 aromatic carbocycles. The number of anilines is 1. The fourth-order valence-electron chi connectivity index (χ4n) is 2.10. The van der Waals surface area contributed by atoms with E-state index in [1.54, 1.807) is 7.11 Å². The van der Waals surface area contributed by atoms with Crippen LogP contribution in [0.5, 0.6) is 11.5 Å². The Morgan fingerprint density at radius 2 is 2.12 bits per heavy atom. The third-order valence-electron chi connectivity index (χ3n) is 3.41. The Balaban J connectivity index is 2.34. The number of nitrogens with one attached hydrogen (secondary N) is 1. The zero-order valence-corrected chi connectivity index (χ0v) is 10.2. The summed E-state index contributed by atoms with van der Waals surface area (Å²) in [6, 6.07) is 5.89. The van der Waals surface area contributed by atoms with Gasteiger partial charge in [-0.1, -0.05) is 19.9 Å². The molecule has 0 saturated heterocycles. The van der Waals surface area contributed by atoms with Gasteiger partial charge in [-0.3, -0.25) is 0 Å². The molecule has 0 radical (unpaired) electrons. The van der Waals surface area contributed by atoms with Crippen molar-refractivity contribution in [2.75, 3.05) is 19.0 Å². The van der Waals surface area contributed by atoms with E-state index in [0.717, 1.165) is 36.6 Å². The third kappa shape index (κ3) is 1.70. The zero-order chi connectivity index (χ0) is 11.6. The van der Waals surface area contributed by atoms with Crippen molar-refractivity contribution < 1.29 is 9.47 Å². The van der Waals surface area contributed by atoms with Crippen LogP contribution >= 0.6 is 0 Å². The van der Waals surface area contributed by atoms with Crippen molar-refractivity contribution in [1.29, 1.82) is 0 Å². The highest BCUT2D eigenvalue weighted by Crippen LogP contribution is 2.41. The maximum atomic E-state index is 6.12. The maximum Gasteiger partial charge on any atom is 0.147 e. The van der Waals surface area contributed by atoms with Gasteiger partial charge in [0.1, 0.15) is 22.8 Å². The minimum Gasteiger partial charge on any atom is -0.494 e. The number of fused-ring (bicyclic) bond motifs is 1. The molecule has 0 aromatic heterocycles. The van der Waals surface area contributed by atoms with Gasteiger partial charge in [-0.25, -0.2) is 0 Å². The van der Waals surface area contributed by atoms with E-state index < -0.39 is 0 Å². The van der Waals surface area contributed by atoms with E-state index in [4.69, 9.17) is 9.47 Å². The summed E-state index contributed by atoms with van der Waals surface area (Å²) in [6.07, 6.45) is 2.01. The number of methoxy groups -OCH3 is 1. The lowest BCUT2D eigenvalue weighted by Crippen LogP contribution is -2.44. The minimum atomic E-state index is -0.0701. The largest absolute Gasteiger partial charge is 0.494 e. The fraction of sp³-hybridized carbons (Fsp3) is 0.538. The minimum absolute atomic E-state index is 0.0701. The van der Waals surface area contributed by atoms with Crippen molar-refractivity contribution in [3.8, 4) is 11.5 Å². The monoisotopic (exact) mass is 221 g/mol. The fourth-order valence-corrected chi connectivity index (χ4v) is 2.10. The Morgan fingerprint density at radius 3 is 2.75 bits per heavy atom. The van der Waals surface area contributed by atoms with Crippen LogP contribution < -0.4 is 14.8 Å². The van der Waals surface area contributed by atoms with Gasteiger partial charge in [-0.15, -0.1) is 0 Å². The van der Waals surface area contributed by atoms with Gasteiger partial charge in [0, 0.05) is 0 Å². The lowest BCUT2D eigenvalue weighted by molar-refractivity contribution is 0.0666. The van der Waals surface area contributed by atoms with Crippen molar-refractivity contribution in [3.05, 3.63) is 18.2 Å². The number of hydrogen-bond acceptors (Lipinski definition) is 3. The van der Waals surface area contributed by atoms with Crippen LogP contribution in [0.3, 0.4) is 0 Å². The first-order chi connectivity index (χ1) is 7.74. The standard InChI is InChI=1S/C13H19NO2/c1-4-13(5-2)9-14-12-10(15-3)7-6-8-11(12)16-13/h6-8,14H,4-5,9H2,1-3H3. The molecular weight excluding hydrogens is 202 g/mol. The molecule has 3 heteroatoms. The van der Waals surface area contributed by atoms with Gasteiger partial charge < -0.3 is 14.8 Å². The number of rotatable bonds is 3. The van der Waals surface area contributed by atoms with E-state index in [2.05, 4.69) is 19.2 Å². The smallest absolute Gasteiger partial charge is 0.147 e. The maximum absolute atomic E-state index is 6.12. The molecule has 1 aliphatic rings. The first-order valence-corrected chi connectivity index (χ1v) is 5.84. The average molecular weight is 221 g/mol. The summed E-state index contributed by atoms with van der Waals surface area (Å²) in [5.74, 6) is 1.74. The summed E-state index contributed by atoms with van der Waals surface area (Å²) >= 11 is 0.